The number of benzene rings is 2. The second-order valence-corrected chi connectivity index (χ2v) is 4.00. The lowest BCUT2D eigenvalue weighted by atomic mass is 9.99. The molecule has 0 amide bonds. The summed E-state index contributed by atoms with van der Waals surface area (Å²) in [4.78, 5) is 0. The molecule has 0 fully saturated rings. The first-order valence-corrected chi connectivity index (χ1v) is 5.04. The molecule has 0 bridgehead atoms. The molecule has 0 saturated carbocycles. The van der Waals surface area contributed by atoms with Gasteiger partial charge in [0, 0.05) is 11.9 Å². The quantitative estimate of drug-likeness (QED) is 0.745. The van der Waals surface area contributed by atoms with E-state index in [1.165, 1.54) is 5.56 Å². The van der Waals surface area contributed by atoms with E-state index >= 15 is 0 Å². The van der Waals surface area contributed by atoms with Gasteiger partial charge in [-0.15, -0.1) is 0 Å². The zero-order valence-corrected chi connectivity index (χ0v) is 9.04. The van der Waals surface area contributed by atoms with Crippen molar-refractivity contribution in [2.45, 2.75) is 20.4 Å². The Hall–Kier alpha value is -1.54. The van der Waals surface area contributed by atoms with Crippen LogP contribution in [0.2, 0.25) is 0 Å². The molecule has 0 saturated heterocycles. The molecule has 0 spiro atoms. The maximum atomic E-state index is 9.90. The van der Waals surface area contributed by atoms with Gasteiger partial charge in [-0.25, -0.2) is 0 Å². The molecule has 2 nitrogen and oxygen atoms in total. The summed E-state index contributed by atoms with van der Waals surface area (Å²) in [6, 6.07) is 7.92. The van der Waals surface area contributed by atoms with Gasteiger partial charge in [-0.1, -0.05) is 17.7 Å². The second kappa shape index (κ2) is 3.55. The Morgan fingerprint density at radius 3 is 2.53 bits per heavy atom. The highest BCUT2D eigenvalue weighted by Crippen LogP contribution is 2.30. The summed E-state index contributed by atoms with van der Waals surface area (Å²) in [6.07, 6.45) is 0. The molecule has 78 valence electrons. The SMILES string of the molecule is Cc1cc(C)c2c(O)cc(CN)cc2c1. The second-order valence-electron chi connectivity index (χ2n) is 4.00. The number of fused-ring (bicyclic) bond motifs is 1. The van der Waals surface area contributed by atoms with Gasteiger partial charge in [0.25, 0.3) is 0 Å². The third-order valence-electron chi connectivity index (χ3n) is 2.67. The molecular formula is C13H15NO. The number of phenolic OH excluding ortho intramolecular Hbond substituents is 1. The first kappa shape index (κ1) is 9.99. The standard InChI is InChI=1S/C13H15NO/c1-8-3-9(2)13-11(4-8)5-10(7-14)6-12(13)15/h3-6,15H,7,14H2,1-2H3. The lowest BCUT2D eigenvalue weighted by Gasteiger charge is -2.08. The lowest BCUT2D eigenvalue weighted by Crippen LogP contribution is -1.96. The largest absolute Gasteiger partial charge is 0.507 e. The van der Waals surface area contributed by atoms with Crippen LogP contribution < -0.4 is 5.73 Å². The first-order chi connectivity index (χ1) is 7.11. The van der Waals surface area contributed by atoms with Gasteiger partial charge in [0.05, 0.1) is 0 Å². The van der Waals surface area contributed by atoms with E-state index in [0.29, 0.717) is 12.3 Å². The minimum Gasteiger partial charge on any atom is -0.507 e. The summed E-state index contributed by atoms with van der Waals surface area (Å²) >= 11 is 0. The predicted octanol–water partition coefficient (Wildman–Crippen LogP) is 2.62. The van der Waals surface area contributed by atoms with Gasteiger partial charge in [-0.2, -0.15) is 0 Å². The number of aryl methyl sites for hydroxylation is 2. The van der Waals surface area contributed by atoms with E-state index in [-0.39, 0.29) is 0 Å². The zero-order chi connectivity index (χ0) is 11.0. The molecule has 0 unspecified atom stereocenters. The van der Waals surface area contributed by atoms with Crippen LogP contribution in [-0.2, 0) is 6.54 Å². The molecule has 2 rings (SSSR count). The van der Waals surface area contributed by atoms with Crippen LogP contribution in [0.4, 0.5) is 0 Å². The summed E-state index contributed by atoms with van der Waals surface area (Å²) in [5.74, 6) is 0.324. The van der Waals surface area contributed by atoms with Crippen molar-refractivity contribution < 1.29 is 5.11 Å². The Kier molecular flexibility index (Phi) is 2.37. The van der Waals surface area contributed by atoms with Crippen molar-refractivity contribution in [3.63, 3.8) is 0 Å². The Morgan fingerprint density at radius 2 is 1.87 bits per heavy atom. The number of hydrogen-bond acceptors (Lipinski definition) is 2. The minimum atomic E-state index is 0.324. The van der Waals surface area contributed by atoms with E-state index < -0.39 is 0 Å². The smallest absolute Gasteiger partial charge is 0.123 e. The maximum absolute atomic E-state index is 9.90. The molecule has 2 aromatic carbocycles. The van der Waals surface area contributed by atoms with Crippen LogP contribution in [0.15, 0.2) is 24.3 Å². The molecule has 2 heteroatoms. The van der Waals surface area contributed by atoms with Gasteiger partial charge in [0.1, 0.15) is 5.75 Å². The van der Waals surface area contributed by atoms with E-state index in [1.54, 1.807) is 6.07 Å². The van der Waals surface area contributed by atoms with Crippen LogP contribution in [0, 0.1) is 13.8 Å². The van der Waals surface area contributed by atoms with Gasteiger partial charge < -0.3 is 10.8 Å². The normalized spacial score (nSPS) is 10.9. The molecule has 0 aromatic heterocycles. The Labute approximate surface area is 89.3 Å². The Balaban J connectivity index is 2.85. The van der Waals surface area contributed by atoms with E-state index in [0.717, 1.165) is 21.9 Å². The first-order valence-electron chi connectivity index (χ1n) is 5.04. The summed E-state index contributed by atoms with van der Waals surface area (Å²) in [7, 11) is 0. The number of phenols is 1. The van der Waals surface area contributed by atoms with Gasteiger partial charge in [0.2, 0.25) is 0 Å². The van der Waals surface area contributed by atoms with Crippen LogP contribution in [0.25, 0.3) is 10.8 Å². The van der Waals surface area contributed by atoms with Crippen molar-refractivity contribution in [3.8, 4) is 5.75 Å². The maximum Gasteiger partial charge on any atom is 0.123 e. The summed E-state index contributed by atoms with van der Waals surface area (Å²) in [6.45, 7) is 4.52. The van der Waals surface area contributed by atoms with Crippen LogP contribution >= 0.6 is 0 Å². The highest BCUT2D eigenvalue weighted by Gasteiger charge is 2.05. The highest BCUT2D eigenvalue weighted by atomic mass is 16.3. The minimum absolute atomic E-state index is 0.324. The Bertz CT molecular complexity index is 517. The molecule has 0 radical (unpaired) electrons. The number of nitrogens with two attached hydrogens (primary N) is 1. The summed E-state index contributed by atoms with van der Waals surface area (Å²) in [5, 5.41) is 11.9. The van der Waals surface area contributed by atoms with E-state index in [4.69, 9.17) is 5.73 Å². The van der Waals surface area contributed by atoms with Crippen molar-refractivity contribution in [1.82, 2.24) is 0 Å². The fourth-order valence-corrected chi connectivity index (χ4v) is 2.07. The monoisotopic (exact) mass is 201 g/mol. The van der Waals surface area contributed by atoms with Crippen LogP contribution in [0.3, 0.4) is 0 Å². The van der Waals surface area contributed by atoms with Crippen molar-refractivity contribution in [3.05, 3.63) is 41.0 Å². The number of aromatic hydroxyl groups is 1. The van der Waals surface area contributed by atoms with Gasteiger partial charge in [-0.3, -0.25) is 0 Å². The fraction of sp³-hybridized carbons (Fsp3) is 0.231. The van der Waals surface area contributed by atoms with Gasteiger partial charge in [0.15, 0.2) is 0 Å². The third-order valence-corrected chi connectivity index (χ3v) is 2.67. The van der Waals surface area contributed by atoms with E-state index in [2.05, 4.69) is 19.1 Å². The van der Waals surface area contributed by atoms with Crippen LogP contribution in [0.1, 0.15) is 16.7 Å². The van der Waals surface area contributed by atoms with E-state index in [9.17, 15) is 5.11 Å². The van der Waals surface area contributed by atoms with Gasteiger partial charge in [-0.05, 0) is 42.5 Å². The molecule has 0 aliphatic rings. The zero-order valence-electron chi connectivity index (χ0n) is 9.04. The topological polar surface area (TPSA) is 46.2 Å². The fourth-order valence-electron chi connectivity index (χ4n) is 2.07. The molecule has 3 N–H and O–H groups in total. The Morgan fingerprint density at radius 1 is 1.13 bits per heavy atom. The molecule has 0 aliphatic heterocycles. The average molecular weight is 201 g/mol. The highest BCUT2D eigenvalue weighted by molar-refractivity contribution is 5.92. The van der Waals surface area contributed by atoms with Crippen LogP contribution in [0.5, 0.6) is 5.75 Å². The predicted molar refractivity (Wildman–Crippen MR) is 63.0 cm³/mol. The van der Waals surface area contributed by atoms with Crippen molar-refractivity contribution in [2.75, 3.05) is 0 Å². The molecule has 0 atom stereocenters. The van der Waals surface area contributed by atoms with Crippen LogP contribution in [-0.4, -0.2) is 5.11 Å². The number of rotatable bonds is 1. The van der Waals surface area contributed by atoms with Crippen molar-refractivity contribution in [1.29, 1.82) is 0 Å². The van der Waals surface area contributed by atoms with Crippen molar-refractivity contribution in [2.24, 2.45) is 5.73 Å². The summed E-state index contributed by atoms with van der Waals surface area (Å²) in [5.41, 5.74) is 8.84. The molecular weight excluding hydrogens is 186 g/mol. The average Bonchev–Trinajstić information content (AvgIpc) is 2.15. The molecule has 2 aromatic rings. The molecule has 15 heavy (non-hydrogen) atoms. The lowest BCUT2D eigenvalue weighted by molar-refractivity contribution is 0.480. The molecule has 0 heterocycles. The number of hydrogen-bond donors (Lipinski definition) is 2. The third kappa shape index (κ3) is 1.68. The van der Waals surface area contributed by atoms with Crippen molar-refractivity contribution >= 4 is 10.8 Å². The molecule has 0 aliphatic carbocycles. The summed E-state index contributed by atoms with van der Waals surface area (Å²) < 4.78 is 0. The van der Waals surface area contributed by atoms with E-state index in [1.807, 2.05) is 13.0 Å². The van der Waals surface area contributed by atoms with Gasteiger partial charge >= 0.3 is 0 Å².